The van der Waals surface area contributed by atoms with Crippen LogP contribution in [-0.2, 0) is 5.41 Å². The molecule has 0 atom stereocenters. The summed E-state index contributed by atoms with van der Waals surface area (Å²) in [7, 11) is 0. The first-order chi connectivity index (χ1) is 14.6. The quantitative estimate of drug-likeness (QED) is 0.540. The summed E-state index contributed by atoms with van der Waals surface area (Å²) in [6, 6.07) is 22.3. The minimum absolute atomic E-state index is 0.0318. The fraction of sp³-hybridized carbons (Fsp3) is 0.240. The van der Waals surface area contributed by atoms with Gasteiger partial charge in [0, 0.05) is 30.2 Å². The molecule has 1 saturated heterocycles. The van der Waals surface area contributed by atoms with E-state index in [9.17, 15) is 4.79 Å². The summed E-state index contributed by atoms with van der Waals surface area (Å²) in [5.74, 6) is 0.685. The van der Waals surface area contributed by atoms with Crippen molar-refractivity contribution in [2.24, 2.45) is 0 Å². The highest BCUT2D eigenvalue weighted by atomic mass is 16.2. The molecule has 1 amide bonds. The van der Waals surface area contributed by atoms with Crippen molar-refractivity contribution in [1.82, 2.24) is 19.9 Å². The van der Waals surface area contributed by atoms with E-state index in [4.69, 9.17) is 0 Å². The van der Waals surface area contributed by atoms with Crippen LogP contribution in [0.3, 0.4) is 0 Å². The predicted molar refractivity (Wildman–Crippen MR) is 118 cm³/mol. The monoisotopic (exact) mass is 396 g/mol. The van der Waals surface area contributed by atoms with E-state index in [1.165, 1.54) is 5.56 Å². The molecule has 1 fully saturated rings. The molecule has 5 nitrogen and oxygen atoms in total. The topological polar surface area (TPSA) is 61.9 Å². The van der Waals surface area contributed by atoms with Crippen LogP contribution in [-0.4, -0.2) is 38.8 Å². The number of fused-ring (bicyclic) bond motifs is 1. The van der Waals surface area contributed by atoms with Crippen LogP contribution in [0.5, 0.6) is 0 Å². The normalized spacial score (nSPS) is 16.0. The number of aromatic amines is 1. The van der Waals surface area contributed by atoms with Crippen molar-refractivity contribution in [2.45, 2.75) is 25.2 Å². The number of likely N-dealkylation sites (tertiary alicyclic amines) is 1. The van der Waals surface area contributed by atoms with E-state index in [-0.39, 0.29) is 11.3 Å². The van der Waals surface area contributed by atoms with Gasteiger partial charge < -0.3 is 9.88 Å². The Morgan fingerprint density at radius 1 is 1.00 bits per heavy atom. The van der Waals surface area contributed by atoms with Gasteiger partial charge in [0.05, 0.1) is 0 Å². The lowest BCUT2D eigenvalue weighted by Gasteiger charge is -2.39. The van der Waals surface area contributed by atoms with E-state index in [2.05, 4.69) is 46.1 Å². The lowest BCUT2D eigenvalue weighted by atomic mass is 9.74. The number of benzene rings is 2. The predicted octanol–water partition coefficient (Wildman–Crippen LogP) is 4.82. The number of amides is 1. The Hall–Kier alpha value is -3.47. The first kappa shape index (κ1) is 18.6. The molecule has 0 bridgehead atoms. The van der Waals surface area contributed by atoms with Gasteiger partial charge in [-0.1, -0.05) is 67.6 Å². The molecule has 0 saturated carbocycles. The molecular formula is C25H24N4O. The minimum atomic E-state index is 0.0318. The van der Waals surface area contributed by atoms with Crippen molar-refractivity contribution in [1.29, 1.82) is 0 Å². The summed E-state index contributed by atoms with van der Waals surface area (Å²) in [6.07, 6.45) is 3.70. The van der Waals surface area contributed by atoms with Crippen molar-refractivity contribution in [3.8, 4) is 11.4 Å². The Balaban J connectivity index is 1.34. The summed E-state index contributed by atoms with van der Waals surface area (Å²) in [4.78, 5) is 27.4. The number of aromatic nitrogens is 3. The van der Waals surface area contributed by atoms with Gasteiger partial charge >= 0.3 is 0 Å². The molecule has 4 aromatic rings. The highest BCUT2D eigenvalue weighted by Crippen LogP contribution is 2.35. The number of hydrogen-bond acceptors (Lipinski definition) is 3. The van der Waals surface area contributed by atoms with Gasteiger partial charge in [0.2, 0.25) is 0 Å². The molecule has 5 rings (SSSR count). The molecule has 0 unspecified atom stereocenters. The van der Waals surface area contributed by atoms with Crippen LogP contribution in [0.4, 0.5) is 0 Å². The van der Waals surface area contributed by atoms with Gasteiger partial charge in [0.15, 0.2) is 5.82 Å². The first-order valence-corrected chi connectivity index (χ1v) is 10.4. The van der Waals surface area contributed by atoms with Crippen molar-refractivity contribution in [3.63, 3.8) is 0 Å². The van der Waals surface area contributed by atoms with Gasteiger partial charge in [-0.25, -0.2) is 9.97 Å². The number of nitrogens with zero attached hydrogens (tertiary/aromatic N) is 3. The molecule has 3 heterocycles. The van der Waals surface area contributed by atoms with Gasteiger partial charge in [-0.15, -0.1) is 0 Å². The number of carbonyl (C=O) groups excluding carboxylic acids is 1. The molecule has 2 aromatic heterocycles. The second kappa shape index (κ2) is 7.41. The van der Waals surface area contributed by atoms with Gasteiger partial charge in [-0.05, 0) is 29.9 Å². The number of hydrogen-bond donors (Lipinski definition) is 1. The Labute approximate surface area is 175 Å². The zero-order valence-electron chi connectivity index (χ0n) is 17.0. The van der Waals surface area contributed by atoms with E-state index in [1.807, 2.05) is 47.4 Å². The molecule has 0 spiro atoms. The number of rotatable bonds is 3. The Morgan fingerprint density at radius 2 is 1.67 bits per heavy atom. The molecular weight excluding hydrogens is 372 g/mol. The van der Waals surface area contributed by atoms with Gasteiger partial charge in [-0.2, -0.15) is 0 Å². The molecule has 0 radical (unpaired) electrons. The zero-order valence-corrected chi connectivity index (χ0v) is 17.0. The second-order valence-electron chi connectivity index (χ2n) is 8.27. The summed E-state index contributed by atoms with van der Waals surface area (Å²) >= 11 is 0. The molecule has 5 heteroatoms. The summed E-state index contributed by atoms with van der Waals surface area (Å²) in [6.45, 7) is 3.80. The average Bonchev–Trinajstić information content (AvgIpc) is 3.24. The second-order valence-corrected chi connectivity index (χ2v) is 8.27. The number of piperidine rings is 1. The zero-order chi connectivity index (χ0) is 20.6. The Bertz CT molecular complexity index is 1180. The Morgan fingerprint density at radius 3 is 2.37 bits per heavy atom. The van der Waals surface area contributed by atoms with Crippen LogP contribution >= 0.6 is 0 Å². The molecule has 1 N–H and O–H groups in total. The largest absolute Gasteiger partial charge is 0.337 e. The summed E-state index contributed by atoms with van der Waals surface area (Å²) in [5.41, 5.74) is 3.70. The third-order valence-electron chi connectivity index (χ3n) is 6.26. The minimum Gasteiger partial charge on any atom is -0.337 e. The SMILES string of the molecule is CC1(c2ccccc2)CCN(C(=O)c2cc3cnc(-c4ccccc4)nc3[nH]2)CC1. The van der Waals surface area contributed by atoms with Crippen LogP contribution in [0.15, 0.2) is 72.9 Å². The Kier molecular flexibility index (Phi) is 4.58. The first-order valence-electron chi connectivity index (χ1n) is 10.4. The van der Waals surface area contributed by atoms with E-state index in [1.54, 1.807) is 6.20 Å². The smallest absolute Gasteiger partial charge is 0.270 e. The maximum atomic E-state index is 13.1. The van der Waals surface area contributed by atoms with Crippen LogP contribution in [0, 0.1) is 0 Å². The number of carbonyl (C=O) groups is 1. The summed E-state index contributed by atoms with van der Waals surface area (Å²) < 4.78 is 0. The van der Waals surface area contributed by atoms with Gasteiger partial charge in [0.1, 0.15) is 11.3 Å². The molecule has 0 aliphatic carbocycles. The highest BCUT2D eigenvalue weighted by molar-refractivity contribution is 5.97. The molecule has 2 aromatic carbocycles. The van der Waals surface area contributed by atoms with Crippen LogP contribution in [0.25, 0.3) is 22.4 Å². The highest BCUT2D eigenvalue weighted by Gasteiger charge is 2.33. The molecule has 1 aliphatic heterocycles. The number of nitrogens with one attached hydrogen (secondary N) is 1. The standard InChI is InChI=1S/C25H24N4O/c1-25(20-10-6-3-7-11-20)12-14-29(15-13-25)24(30)21-16-19-17-26-22(28-23(19)27-21)18-8-4-2-5-9-18/h2-11,16-17H,12-15H2,1H3,(H,26,27,28). The van der Waals surface area contributed by atoms with Crippen molar-refractivity contribution < 1.29 is 4.79 Å². The lowest BCUT2D eigenvalue weighted by molar-refractivity contribution is 0.0671. The van der Waals surface area contributed by atoms with E-state index >= 15 is 0 Å². The number of H-pyrrole nitrogens is 1. The van der Waals surface area contributed by atoms with Crippen molar-refractivity contribution in [2.75, 3.05) is 13.1 Å². The third kappa shape index (κ3) is 3.36. The average molecular weight is 396 g/mol. The fourth-order valence-electron chi connectivity index (χ4n) is 4.26. The van der Waals surface area contributed by atoms with Crippen LogP contribution < -0.4 is 0 Å². The van der Waals surface area contributed by atoms with Crippen molar-refractivity contribution >= 4 is 16.9 Å². The third-order valence-corrected chi connectivity index (χ3v) is 6.26. The maximum Gasteiger partial charge on any atom is 0.270 e. The summed E-state index contributed by atoms with van der Waals surface area (Å²) in [5, 5.41) is 0.851. The van der Waals surface area contributed by atoms with E-state index in [0.29, 0.717) is 17.2 Å². The molecule has 1 aliphatic rings. The lowest BCUT2D eigenvalue weighted by Crippen LogP contribution is -2.44. The van der Waals surface area contributed by atoms with Gasteiger partial charge in [-0.3, -0.25) is 4.79 Å². The maximum absolute atomic E-state index is 13.1. The fourth-order valence-corrected chi connectivity index (χ4v) is 4.26. The van der Waals surface area contributed by atoms with E-state index in [0.717, 1.165) is 36.9 Å². The molecule has 150 valence electrons. The van der Waals surface area contributed by atoms with Gasteiger partial charge in [0.25, 0.3) is 5.91 Å². The van der Waals surface area contributed by atoms with Crippen LogP contribution in [0.2, 0.25) is 0 Å². The van der Waals surface area contributed by atoms with Crippen LogP contribution in [0.1, 0.15) is 35.8 Å². The molecule has 30 heavy (non-hydrogen) atoms. The van der Waals surface area contributed by atoms with Crippen molar-refractivity contribution in [3.05, 3.63) is 84.2 Å². The van der Waals surface area contributed by atoms with E-state index < -0.39 is 0 Å².